The summed E-state index contributed by atoms with van der Waals surface area (Å²) in [5.74, 6) is 0.960. The zero-order chi connectivity index (χ0) is 11.8. The van der Waals surface area contributed by atoms with Crippen LogP contribution in [-0.4, -0.2) is 16.4 Å². The van der Waals surface area contributed by atoms with Gasteiger partial charge >= 0.3 is 0 Å². The molecule has 16 heavy (non-hydrogen) atoms. The first-order valence-electron chi connectivity index (χ1n) is 5.82. The van der Waals surface area contributed by atoms with Crippen molar-refractivity contribution in [3.05, 3.63) is 23.9 Å². The molecule has 0 saturated heterocycles. The molecule has 0 atom stereocenters. The minimum absolute atomic E-state index is 0.170. The van der Waals surface area contributed by atoms with Gasteiger partial charge in [-0.25, -0.2) is 4.98 Å². The van der Waals surface area contributed by atoms with E-state index in [0.717, 1.165) is 18.7 Å². The van der Waals surface area contributed by atoms with Gasteiger partial charge in [-0.05, 0) is 29.9 Å². The maximum absolute atomic E-state index is 5.93. The van der Waals surface area contributed by atoms with Crippen LogP contribution in [-0.2, 0) is 5.41 Å². The Morgan fingerprint density at radius 2 is 2.00 bits per heavy atom. The monoisotopic (exact) mass is 238 g/mol. The number of hydrogen-bond donors (Lipinski definition) is 1. The summed E-state index contributed by atoms with van der Waals surface area (Å²) in [5.41, 5.74) is 1.44. The van der Waals surface area contributed by atoms with E-state index in [0.29, 0.717) is 11.4 Å². The average molecular weight is 239 g/mol. The molecule has 1 saturated carbocycles. The topological polar surface area (TPSA) is 24.9 Å². The van der Waals surface area contributed by atoms with E-state index in [1.54, 1.807) is 0 Å². The number of nitrogens with zero attached hydrogens (tertiary/aromatic N) is 1. The molecule has 0 bridgehead atoms. The van der Waals surface area contributed by atoms with E-state index in [2.05, 4.69) is 43.2 Å². The van der Waals surface area contributed by atoms with Crippen molar-refractivity contribution in [2.24, 2.45) is 0 Å². The average Bonchev–Trinajstić information content (AvgIpc) is 2.15. The van der Waals surface area contributed by atoms with E-state index in [1.165, 1.54) is 5.56 Å². The molecule has 1 aliphatic rings. The van der Waals surface area contributed by atoms with Crippen LogP contribution in [0, 0.1) is 0 Å². The predicted octanol–water partition coefficient (Wildman–Crippen LogP) is 3.56. The molecule has 1 aromatic rings. The van der Waals surface area contributed by atoms with E-state index in [-0.39, 0.29) is 5.41 Å². The molecule has 2 nitrogen and oxygen atoms in total. The number of nitrogens with one attached hydrogen (secondary N) is 1. The number of halogens is 1. The van der Waals surface area contributed by atoms with Crippen LogP contribution in [0.1, 0.15) is 39.2 Å². The van der Waals surface area contributed by atoms with E-state index in [1.807, 2.05) is 6.20 Å². The normalized spacial score (nSPS) is 25.0. The number of aromatic nitrogens is 1. The lowest BCUT2D eigenvalue weighted by Gasteiger charge is -2.32. The molecule has 1 heterocycles. The van der Waals surface area contributed by atoms with Gasteiger partial charge in [0.1, 0.15) is 5.82 Å². The Kier molecular flexibility index (Phi) is 3.11. The van der Waals surface area contributed by atoms with Crippen molar-refractivity contribution >= 4 is 17.4 Å². The number of hydrogen-bond acceptors (Lipinski definition) is 2. The van der Waals surface area contributed by atoms with Crippen LogP contribution >= 0.6 is 11.6 Å². The molecule has 2 rings (SSSR count). The lowest BCUT2D eigenvalue weighted by Crippen LogP contribution is -2.36. The van der Waals surface area contributed by atoms with Gasteiger partial charge in [0.05, 0.1) is 0 Å². The molecular weight excluding hydrogens is 220 g/mol. The number of pyridine rings is 1. The second-order valence-electron chi connectivity index (χ2n) is 5.59. The zero-order valence-corrected chi connectivity index (χ0v) is 10.9. The molecule has 1 aliphatic carbocycles. The fraction of sp³-hybridized carbons (Fsp3) is 0.615. The SMILES string of the molecule is CC(C)(C)c1ccc(NC2CC(Cl)C2)nc1. The molecule has 1 fully saturated rings. The minimum Gasteiger partial charge on any atom is -0.367 e. The number of alkyl halides is 1. The van der Waals surface area contributed by atoms with Gasteiger partial charge in [0.2, 0.25) is 0 Å². The summed E-state index contributed by atoms with van der Waals surface area (Å²) < 4.78 is 0. The summed E-state index contributed by atoms with van der Waals surface area (Å²) in [6.07, 6.45) is 4.05. The van der Waals surface area contributed by atoms with E-state index < -0.39 is 0 Å². The van der Waals surface area contributed by atoms with Crippen molar-refractivity contribution in [2.45, 2.75) is 50.4 Å². The zero-order valence-electron chi connectivity index (χ0n) is 10.1. The largest absolute Gasteiger partial charge is 0.367 e. The van der Waals surface area contributed by atoms with Gasteiger partial charge < -0.3 is 5.32 Å². The first kappa shape index (κ1) is 11.7. The second kappa shape index (κ2) is 4.25. The van der Waals surface area contributed by atoms with Crippen LogP contribution in [0.4, 0.5) is 5.82 Å². The predicted molar refractivity (Wildman–Crippen MR) is 69.2 cm³/mol. The van der Waals surface area contributed by atoms with Crippen molar-refractivity contribution < 1.29 is 0 Å². The number of anilines is 1. The summed E-state index contributed by atoms with van der Waals surface area (Å²) in [6, 6.07) is 4.71. The van der Waals surface area contributed by atoms with E-state index in [4.69, 9.17) is 11.6 Å². The smallest absolute Gasteiger partial charge is 0.126 e. The van der Waals surface area contributed by atoms with Gasteiger partial charge in [-0.3, -0.25) is 0 Å². The Hall–Kier alpha value is -0.760. The summed E-state index contributed by atoms with van der Waals surface area (Å²) >= 11 is 5.93. The van der Waals surface area contributed by atoms with Gasteiger partial charge in [0, 0.05) is 17.6 Å². The molecule has 3 heteroatoms. The fourth-order valence-electron chi connectivity index (χ4n) is 1.80. The first-order valence-corrected chi connectivity index (χ1v) is 6.26. The van der Waals surface area contributed by atoms with Gasteiger partial charge in [-0.15, -0.1) is 11.6 Å². The van der Waals surface area contributed by atoms with Gasteiger partial charge in [-0.2, -0.15) is 0 Å². The van der Waals surface area contributed by atoms with Crippen molar-refractivity contribution in [3.8, 4) is 0 Å². The molecule has 0 aliphatic heterocycles. The highest BCUT2D eigenvalue weighted by atomic mass is 35.5. The molecule has 0 spiro atoms. The van der Waals surface area contributed by atoms with Crippen molar-refractivity contribution in [2.75, 3.05) is 5.32 Å². The molecular formula is C13H19ClN2. The summed E-state index contributed by atoms with van der Waals surface area (Å²) in [6.45, 7) is 6.59. The fourth-order valence-corrected chi connectivity index (χ4v) is 2.23. The molecule has 88 valence electrons. The lowest BCUT2D eigenvalue weighted by molar-refractivity contribution is 0.453. The molecule has 0 amide bonds. The van der Waals surface area contributed by atoms with Crippen LogP contribution in [0.5, 0.6) is 0 Å². The van der Waals surface area contributed by atoms with Gasteiger partial charge in [0.15, 0.2) is 0 Å². The molecule has 0 aromatic carbocycles. The third-order valence-corrected chi connectivity index (χ3v) is 3.42. The van der Waals surface area contributed by atoms with Gasteiger partial charge in [-0.1, -0.05) is 26.8 Å². The van der Waals surface area contributed by atoms with Crippen LogP contribution in [0.3, 0.4) is 0 Å². The van der Waals surface area contributed by atoms with Crippen molar-refractivity contribution in [1.82, 2.24) is 4.98 Å². The maximum atomic E-state index is 5.93. The highest BCUT2D eigenvalue weighted by Crippen LogP contribution is 2.28. The van der Waals surface area contributed by atoms with Crippen LogP contribution in [0.15, 0.2) is 18.3 Å². The number of rotatable bonds is 2. The van der Waals surface area contributed by atoms with E-state index >= 15 is 0 Å². The Morgan fingerprint density at radius 3 is 2.44 bits per heavy atom. The van der Waals surface area contributed by atoms with Crippen LogP contribution < -0.4 is 5.32 Å². The Bertz CT molecular complexity index is 347. The highest BCUT2D eigenvalue weighted by molar-refractivity contribution is 6.21. The summed E-state index contributed by atoms with van der Waals surface area (Å²) in [4.78, 5) is 4.44. The third-order valence-electron chi connectivity index (χ3n) is 3.06. The second-order valence-corrected chi connectivity index (χ2v) is 6.21. The highest BCUT2D eigenvalue weighted by Gasteiger charge is 2.27. The first-order chi connectivity index (χ1) is 7.45. The molecule has 0 unspecified atom stereocenters. The molecule has 1 N–H and O–H groups in total. The van der Waals surface area contributed by atoms with Gasteiger partial charge in [0.25, 0.3) is 0 Å². The standard InChI is InChI=1S/C13H19ClN2/c1-13(2,3)9-4-5-12(15-8-9)16-11-6-10(14)7-11/h4-5,8,10-11H,6-7H2,1-3H3,(H,15,16). The quantitative estimate of drug-likeness (QED) is 0.797. The van der Waals surface area contributed by atoms with Crippen LogP contribution in [0.2, 0.25) is 0 Å². The van der Waals surface area contributed by atoms with E-state index in [9.17, 15) is 0 Å². The van der Waals surface area contributed by atoms with Crippen LogP contribution in [0.25, 0.3) is 0 Å². The lowest BCUT2D eigenvalue weighted by atomic mass is 9.88. The molecule has 1 aromatic heterocycles. The minimum atomic E-state index is 0.170. The summed E-state index contributed by atoms with van der Waals surface area (Å²) in [7, 11) is 0. The van der Waals surface area contributed by atoms with Crippen molar-refractivity contribution in [3.63, 3.8) is 0 Å². The maximum Gasteiger partial charge on any atom is 0.126 e. The van der Waals surface area contributed by atoms with Crippen molar-refractivity contribution in [1.29, 1.82) is 0 Å². The Labute approximate surface area is 102 Å². The third kappa shape index (κ3) is 2.67. The Morgan fingerprint density at radius 1 is 1.31 bits per heavy atom. The Balaban J connectivity index is 1.97. The summed E-state index contributed by atoms with van der Waals surface area (Å²) in [5, 5.41) is 3.74. The molecule has 0 radical (unpaired) electrons.